The number of halogens is 3. The lowest BCUT2D eigenvalue weighted by atomic mass is 10.1. The van der Waals surface area contributed by atoms with Crippen LogP contribution in [-0.2, 0) is 21.5 Å². The van der Waals surface area contributed by atoms with Gasteiger partial charge in [-0.2, -0.15) is 8.42 Å². The molecule has 1 aliphatic heterocycles. The zero-order valence-electron chi connectivity index (χ0n) is 12.7. The Morgan fingerprint density at radius 3 is 2.54 bits per heavy atom. The van der Waals surface area contributed by atoms with Gasteiger partial charge in [0, 0.05) is 11.6 Å². The van der Waals surface area contributed by atoms with Gasteiger partial charge in [-0.1, -0.05) is 0 Å². The number of hydrogen-bond acceptors (Lipinski definition) is 5. The second-order valence-electron chi connectivity index (χ2n) is 5.34. The van der Waals surface area contributed by atoms with E-state index in [0.29, 0.717) is 8.99 Å². The van der Waals surface area contributed by atoms with E-state index in [1.165, 1.54) is 0 Å². The first-order chi connectivity index (χ1) is 12.1. The average molecular weight is 392 g/mol. The molecular weight excluding hydrogens is 381 g/mol. The van der Waals surface area contributed by atoms with Gasteiger partial charge < -0.3 is 5.11 Å². The summed E-state index contributed by atoms with van der Waals surface area (Å²) in [7, 11) is -4.39. The van der Waals surface area contributed by atoms with E-state index in [0.717, 1.165) is 18.2 Å². The van der Waals surface area contributed by atoms with Gasteiger partial charge in [-0.15, -0.1) is 0 Å². The van der Waals surface area contributed by atoms with Crippen molar-refractivity contribution in [2.75, 3.05) is 10.8 Å². The number of nitrogens with zero attached hydrogens (tertiary/aromatic N) is 2. The molecule has 0 saturated carbocycles. The summed E-state index contributed by atoms with van der Waals surface area (Å²) < 4.78 is 66.0. The Hall–Kier alpha value is -2.96. The summed E-state index contributed by atoms with van der Waals surface area (Å²) in [5, 5.41) is 12.1. The van der Waals surface area contributed by atoms with E-state index >= 15 is 0 Å². The Labute approximate surface area is 143 Å². The van der Waals surface area contributed by atoms with Crippen molar-refractivity contribution in [1.29, 1.82) is 0 Å². The maximum atomic E-state index is 14.9. The topological polar surface area (TPSA) is 124 Å². The zero-order valence-corrected chi connectivity index (χ0v) is 13.6. The predicted octanol–water partition coefficient (Wildman–Crippen LogP) is 0.134. The fourth-order valence-corrected chi connectivity index (χ4v) is 3.65. The molecule has 1 saturated heterocycles. The van der Waals surface area contributed by atoms with Gasteiger partial charge in [0.25, 0.3) is 17.9 Å². The number of nitrogens with one attached hydrogen (secondary N) is 2. The monoisotopic (exact) mass is 392 g/mol. The normalized spacial score (nSPS) is 16.3. The summed E-state index contributed by atoms with van der Waals surface area (Å²) in [6.45, 7) is -1.69. The highest BCUT2D eigenvalue weighted by atomic mass is 32.2. The van der Waals surface area contributed by atoms with Crippen molar-refractivity contribution in [3.63, 3.8) is 0 Å². The molecule has 1 aliphatic rings. The molecule has 0 aliphatic carbocycles. The van der Waals surface area contributed by atoms with Crippen molar-refractivity contribution in [1.82, 2.24) is 14.5 Å². The Balaban J connectivity index is 2.12. The standard InChI is InChI=1S/C13H11F3N4O5S/c14-9(15)4-19-11(23)3-7(17-19)6-1-2-8(21)13(12(6)16)20-5-10(22)18-26(20,24)25/h1-3,9,17,21H,4-5H2,(H,18,22). The number of anilines is 1. The maximum absolute atomic E-state index is 14.9. The van der Waals surface area contributed by atoms with Crippen molar-refractivity contribution < 1.29 is 31.5 Å². The third-order valence-electron chi connectivity index (χ3n) is 3.56. The highest BCUT2D eigenvalue weighted by Crippen LogP contribution is 2.38. The molecule has 1 amide bonds. The molecule has 3 rings (SSSR count). The number of phenolic OH excluding ortho intramolecular Hbond substituents is 1. The first-order valence-corrected chi connectivity index (χ1v) is 8.47. The minimum atomic E-state index is -4.39. The molecular formula is C13H11F3N4O5S. The number of H-pyrrole nitrogens is 1. The quantitative estimate of drug-likeness (QED) is 0.683. The number of phenols is 1. The third kappa shape index (κ3) is 3.00. The smallest absolute Gasteiger partial charge is 0.326 e. The SMILES string of the molecule is O=C1CN(c2c(O)ccc(-c3cc(=O)n(CC(F)F)[nH]3)c2F)S(=O)(=O)N1. The fraction of sp³-hybridized carbons (Fsp3) is 0.231. The second-order valence-corrected chi connectivity index (χ2v) is 6.94. The summed E-state index contributed by atoms with van der Waals surface area (Å²) in [6, 6.07) is 2.84. The summed E-state index contributed by atoms with van der Waals surface area (Å²) in [4.78, 5) is 23.0. The highest BCUT2D eigenvalue weighted by molar-refractivity contribution is 7.92. The van der Waals surface area contributed by atoms with Crippen molar-refractivity contribution in [3.05, 3.63) is 34.4 Å². The van der Waals surface area contributed by atoms with E-state index in [1.807, 2.05) is 0 Å². The lowest BCUT2D eigenvalue weighted by molar-refractivity contribution is -0.117. The molecule has 9 nitrogen and oxygen atoms in total. The average Bonchev–Trinajstić information content (AvgIpc) is 2.98. The predicted molar refractivity (Wildman–Crippen MR) is 82.5 cm³/mol. The van der Waals surface area contributed by atoms with E-state index in [9.17, 15) is 36.3 Å². The molecule has 1 aromatic carbocycles. The summed E-state index contributed by atoms with van der Waals surface area (Å²) in [6.07, 6.45) is -2.83. The van der Waals surface area contributed by atoms with Gasteiger partial charge in [-0.3, -0.25) is 14.7 Å². The van der Waals surface area contributed by atoms with Crippen LogP contribution in [0.3, 0.4) is 0 Å². The van der Waals surface area contributed by atoms with E-state index in [4.69, 9.17) is 0 Å². The van der Waals surface area contributed by atoms with Crippen molar-refractivity contribution >= 4 is 21.8 Å². The molecule has 0 unspecified atom stereocenters. The van der Waals surface area contributed by atoms with E-state index in [2.05, 4.69) is 5.10 Å². The van der Waals surface area contributed by atoms with Crippen LogP contribution in [0.4, 0.5) is 18.9 Å². The van der Waals surface area contributed by atoms with E-state index in [-0.39, 0.29) is 11.3 Å². The van der Waals surface area contributed by atoms with Crippen molar-refractivity contribution in [2.24, 2.45) is 0 Å². The van der Waals surface area contributed by atoms with Gasteiger partial charge in [0.05, 0.1) is 5.69 Å². The lowest BCUT2D eigenvalue weighted by Gasteiger charge is -2.18. The van der Waals surface area contributed by atoms with Crippen LogP contribution in [-0.4, -0.2) is 42.2 Å². The molecule has 1 fully saturated rings. The molecule has 0 spiro atoms. The Bertz CT molecular complexity index is 1050. The van der Waals surface area contributed by atoms with Crippen LogP contribution in [0.5, 0.6) is 5.75 Å². The Morgan fingerprint density at radius 2 is 1.96 bits per heavy atom. The second kappa shape index (κ2) is 6.09. The molecule has 2 aromatic rings. The van der Waals surface area contributed by atoms with Gasteiger partial charge in [-0.05, 0) is 12.1 Å². The maximum Gasteiger partial charge on any atom is 0.326 e. The van der Waals surface area contributed by atoms with Gasteiger partial charge in [0.2, 0.25) is 0 Å². The highest BCUT2D eigenvalue weighted by Gasteiger charge is 2.38. The van der Waals surface area contributed by atoms with Crippen LogP contribution in [0.25, 0.3) is 11.3 Å². The molecule has 13 heteroatoms. The molecule has 26 heavy (non-hydrogen) atoms. The zero-order chi connectivity index (χ0) is 19.2. The molecule has 3 N–H and O–H groups in total. The summed E-state index contributed by atoms with van der Waals surface area (Å²) in [5.74, 6) is -2.94. The third-order valence-corrected chi connectivity index (χ3v) is 4.94. The Morgan fingerprint density at radius 1 is 1.27 bits per heavy atom. The molecule has 0 radical (unpaired) electrons. The minimum absolute atomic E-state index is 0.203. The van der Waals surface area contributed by atoms with Crippen LogP contribution >= 0.6 is 0 Å². The number of carbonyl (C=O) groups is 1. The van der Waals surface area contributed by atoms with Crippen LogP contribution in [0.2, 0.25) is 0 Å². The lowest BCUT2D eigenvalue weighted by Crippen LogP contribution is -2.30. The van der Waals surface area contributed by atoms with Crippen LogP contribution in [0.15, 0.2) is 23.0 Å². The number of amides is 1. The van der Waals surface area contributed by atoms with E-state index in [1.54, 1.807) is 4.72 Å². The number of benzene rings is 1. The number of hydrogen-bond donors (Lipinski definition) is 3. The van der Waals surface area contributed by atoms with Crippen LogP contribution < -0.4 is 14.6 Å². The van der Waals surface area contributed by atoms with Gasteiger partial charge in [0.1, 0.15) is 24.5 Å². The first-order valence-electron chi connectivity index (χ1n) is 7.03. The molecule has 0 bridgehead atoms. The largest absolute Gasteiger partial charge is 0.506 e. The number of alkyl halides is 2. The van der Waals surface area contributed by atoms with Gasteiger partial charge in [-0.25, -0.2) is 26.9 Å². The number of rotatable bonds is 4. The Kier molecular flexibility index (Phi) is 4.18. The van der Waals surface area contributed by atoms with Crippen LogP contribution in [0.1, 0.15) is 0 Å². The molecule has 1 aromatic heterocycles. The van der Waals surface area contributed by atoms with Crippen molar-refractivity contribution in [3.8, 4) is 17.0 Å². The van der Waals surface area contributed by atoms with Crippen molar-refractivity contribution in [2.45, 2.75) is 13.0 Å². The summed E-state index contributed by atoms with van der Waals surface area (Å²) >= 11 is 0. The van der Waals surface area contributed by atoms with E-state index < -0.39 is 58.4 Å². The molecule has 2 heterocycles. The summed E-state index contributed by atoms with van der Waals surface area (Å²) in [5.41, 5.74) is -2.20. The molecule has 140 valence electrons. The van der Waals surface area contributed by atoms with Crippen LogP contribution in [0, 0.1) is 5.82 Å². The number of aromatic hydroxyl groups is 1. The van der Waals surface area contributed by atoms with Gasteiger partial charge in [0.15, 0.2) is 5.82 Å². The fourth-order valence-electron chi connectivity index (χ4n) is 2.49. The number of aromatic nitrogens is 2. The number of aromatic amines is 1. The first kappa shape index (κ1) is 17.8. The van der Waals surface area contributed by atoms with Gasteiger partial charge >= 0.3 is 10.2 Å². The minimum Gasteiger partial charge on any atom is -0.506 e. The molecule has 0 atom stereocenters. The number of carbonyl (C=O) groups excluding carboxylic acids is 1.